The van der Waals surface area contributed by atoms with E-state index in [2.05, 4.69) is 24.8 Å². The van der Waals surface area contributed by atoms with Crippen molar-refractivity contribution in [3.63, 3.8) is 0 Å². The van der Waals surface area contributed by atoms with Crippen LogP contribution in [-0.4, -0.2) is 37.1 Å². The lowest BCUT2D eigenvalue weighted by Crippen LogP contribution is -3.14. The predicted molar refractivity (Wildman–Crippen MR) is 116 cm³/mol. The van der Waals surface area contributed by atoms with Gasteiger partial charge in [0.05, 0.1) is 28.3 Å². The van der Waals surface area contributed by atoms with Crippen LogP contribution in [0.5, 0.6) is 0 Å². The van der Waals surface area contributed by atoms with Crippen molar-refractivity contribution in [2.24, 2.45) is 0 Å². The summed E-state index contributed by atoms with van der Waals surface area (Å²) >= 11 is 1.82. The Morgan fingerprint density at radius 2 is 1.86 bits per heavy atom. The highest BCUT2D eigenvalue weighted by atomic mass is 32.1. The van der Waals surface area contributed by atoms with Gasteiger partial charge in [-0.05, 0) is 24.3 Å². The van der Waals surface area contributed by atoms with E-state index in [-0.39, 0.29) is 5.91 Å². The zero-order chi connectivity index (χ0) is 19.3. The minimum atomic E-state index is 0.166. The van der Waals surface area contributed by atoms with Gasteiger partial charge in [-0.1, -0.05) is 36.4 Å². The molecule has 1 N–H and O–H groups in total. The number of quaternary nitrogens is 1. The molecule has 1 fully saturated rings. The number of aromatic nitrogens is 1. The number of benzene rings is 2. The van der Waals surface area contributed by atoms with E-state index < -0.39 is 0 Å². The summed E-state index contributed by atoms with van der Waals surface area (Å²) in [5.74, 6) is 0.689. The van der Waals surface area contributed by atoms with Crippen molar-refractivity contribution in [2.45, 2.75) is 18.8 Å². The fourth-order valence-electron chi connectivity index (χ4n) is 3.91. The molecule has 3 aromatic rings. The predicted octanol–water partition coefficient (Wildman–Crippen LogP) is 3.28. The van der Waals surface area contributed by atoms with Crippen LogP contribution in [-0.2, 0) is 4.79 Å². The summed E-state index contributed by atoms with van der Waals surface area (Å²) in [6.45, 7) is 6.93. The van der Waals surface area contributed by atoms with Crippen molar-refractivity contribution in [3.8, 4) is 0 Å². The maximum atomic E-state index is 12.9. The molecule has 2 heterocycles. The molecule has 1 saturated heterocycles. The Bertz CT molecular complexity index is 912. The first-order valence-corrected chi connectivity index (χ1v) is 10.7. The van der Waals surface area contributed by atoms with Crippen LogP contribution in [0, 0.1) is 0 Å². The highest BCUT2D eigenvalue weighted by molar-refractivity contribution is 7.18. The number of thiazole rings is 1. The van der Waals surface area contributed by atoms with Crippen molar-refractivity contribution in [1.82, 2.24) is 4.98 Å². The van der Waals surface area contributed by atoms with E-state index in [1.54, 1.807) is 6.08 Å². The number of rotatable bonds is 6. The van der Waals surface area contributed by atoms with Gasteiger partial charge in [-0.15, -0.1) is 17.9 Å². The maximum Gasteiger partial charge on any atom is 0.282 e. The molecule has 1 aliphatic rings. The minimum Gasteiger partial charge on any atom is -0.327 e. The molecule has 0 spiro atoms. The molecule has 0 unspecified atom stereocenters. The van der Waals surface area contributed by atoms with Crippen LogP contribution in [0.3, 0.4) is 0 Å². The smallest absolute Gasteiger partial charge is 0.282 e. The number of carbonyl (C=O) groups excluding carboxylic acids is 1. The Balaban J connectivity index is 1.36. The van der Waals surface area contributed by atoms with Crippen molar-refractivity contribution in [2.75, 3.05) is 31.1 Å². The molecule has 0 aliphatic carbocycles. The van der Waals surface area contributed by atoms with Crippen molar-refractivity contribution in [3.05, 3.63) is 72.3 Å². The van der Waals surface area contributed by atoms with Crippen LogP contribution in [0.4, 0.5) is 5.69 Å². The van der Waals surface area contributed by atoms with Gasteiger partial charge in [-0.25, -0.2) is 4.98 Å². The summed E-state index contributed by atoms with van der Waals surface area (Å²) in [4.78, 5) is 21.0. The van der Waals surface area contributed by atoms with Crippen molar-refractivity contribution < 1.29 is 9.69 Å². The molecule has 2 aromatic carbocycles. The lowest BCUT2D eigenvalue weighted by atomic mass is 9.97. The van der Waals surface area contributed by atoms with Crippen LogP contribution in [0.1, 0.15) is 23.8 Å². The molecule has 0 saturated carbocycles. The van der Waals surface area contributed by atoms with Gasteiger partial charge in [0, 0.05) is 31.0 Å². The van der Waals surface area contributed by atoms with E-state index in [1.807, 2.05) is 52.6 Å². The molecular formula is C23H26N3OS+. The molecule has 4 nitrogen and oxygen atoms in total. The zero-order valence-corrected chi connectivity index (χ0v) is 16.8. The van der Waals surface area contributed by atoms with Gasteiger partial charge in [0.2, 0.25) is 0 Å². The lowest BCUT2D eigenvalue weighted by molar-refractivity contribution is -0.897. The van der Waals surface area contributed by atoms with Gasteiger partial charge in [-0.3, -0.25) is 4.79 Å². The van der Waals surface area contributed by atoms with Gasteiger partial charge in [0.25, 0.3) is 5.91 Å². The van der Waals surface area contributed by atoms with E-state index in [1.165, 1.54) is 14.6 Å². The fraction of sp³-hybridized carbons (Fsp3) is 0.304. The molecular weight excluding hydrogens is 366 g/mol. The van der Waals surface area contributed by atoms with E-state index in [0.29, 0.717) is 19.0 Å². The minimum absolute atomic E-state index is 0.166. The summed E-state index contributed by atoms with van der Waals surface area (Å²) in [6.07, 6.45) is 3.98. The number of hydrogen-bond acceptors (Lipinski definition) is 3. The molecule has 0 radical (unpaired) electrons. The van der Waals surface area contributed by atoms with Crippen LogP contribution in [0.2, 0.25) is 0 Å². The molecule has 4 rings (SSSR count). The fourth-order valence-corrected chi connectivity index (χ4v) is 5.05. The average molecular weight is 393 g/mol. The number of anilines is 1. The van der Waals surface area contributed by atoms with Crippen molar-refractivity contribution >= 4 is 33.1 Å². The number of piperidine rings is 1. The molecule has 0 atom stereocenters. The van der Waals surface area contributed by atoms with Crippen LogP contribution < -0.4 is 9.80 Å². The molecule has 1 amide bonds. The number of fused-ring (bicyclic) bond motifs is 1. The molecule has 1 aliphatic heterocycles. The van der Waals surface area contributed by atoms with Crippen LogP contribution in [0.15, 0.2) is 67.3 Å². The quantitative estimate of drug-likeness (QED) is 0.654. The van der Waals surface area contributed by atoms with Gasteiger partial charge < -0.3 is 9.80 Å². The standard InChI is InChI=1S/C23H25N3OS/c1-2-14-26(19-8-4-3-5-9-19)22(27)17-25-15-12-18(13-16-25)23-24-20-10-6-7-11-21(20)28-23/h2-11,18H,1,12-17H2/p+1. The van der Waals surface area contributed by atoms with E-state index in [0.717, 1.165) is 37.1 Å². The van der Waals surface area contributed by atoms with Crippen LogP contribution >= 0.6 is 11.3 Å². The molecule has 28 heavy (non-hydrogen) atoms. The summed E-state index contributed by atoms with van der Waals surface area (Å²) in [5, 5.41) is 1.25. The number of amides is 1. The first kappa shape index (κ1) is 18.8. The second kappa shape index (κ2) is 8.67. The highest BCUT2D eigenvalue weighted by Crippen LogP contribution is 2.31. The van der Waals surface area contributed by atoms with Gasteiger partial charge in [-0.2, -0.15) is 0 Å². The Hall–Kier alpha value is -2.50. The third-order valence-electron chi connectivity index (χ3n) is 5.43. The Morgan fingerprint density at radius 3 is 2.57 bits per heavy atom. The Morgan fingerprint density at radius 1 is 1.14 bits per heavy atom. The summed E-state index contributed by atoms with van der Waals surface area (Å²) in [5.41, 5.74) is 2.05. The third kappa shape index (κ3) is 4.16. The SMILES string of the molecule is C=CCN(C(=O)C[NH+]1CCC(c2nc3ccccc3s2)CC1)c1ccccc1. The average Bonchev–Trinajstić information content (AvgIpc) is 3.17. The normalized spacial score (nSPS) is 19.4. The number of likely N-dealkylation sites (tertiary alicyclic amines) is 1. The first-order chi connectivity index (χ1) is 13.7. The second-order valence-corrected chi connectivity index (χ2v) is 8.41. The second-order valence-electron chi connectivity index (χ2n) is 7.35. The number of carbonyl (C=O) groups is 1. The molecule has 5 heteroatoms. The molecule has 0 bridgehead atoms. The van der Waals surface area contributed by atoms with E-state index in [4.69, 9.17) is 4.98 Å². The number of hydrogen-bond donors (Lipinski definition) is 1. The summed E-state index contributed by atoms with van der Waals surface area (Å²) < 4.78 is 1.27. The molecule has 1 aromatic heterocycles. The van der Waals surface area contributed by atoms with Gasteiger partial charge in [0.1, 0.15) is 0 Å². The Kier molecular flexibility index (Phi) is 5.84. The third-order valence-corrected chi connectivity index (χ3v) is 6.63. The van der Waals surface area contributed by atoms with E-state index >= 15 is 0 Å². The zero-order valence-electron chi connectivity index (χ0n) is 16.0. The van der Waals surface area contributed by atoms with Gasteiger partial charge in [0.15, 0.2) is 6.54 Å². The van der Waals surface area contributed by atoms with Crippen LogP contribution in [0.25, 0.3) is 10.2 Å². The Labute approximate surface area is 170 Å². The molecule has 144 valence electrons. The largest absolute Gasteiger partial charge is 0.327 e. The number of para-hydroxylation sites is 2. The monoisotopic (exact) mass is 392 g/mol. The van der Waals surface area contributed by atoms with Gasteiger partial charge >= 0.3 is 0 Å². The number of nitrogens with zero attached hydrogens (tertiary/aromatic N) is 2. The lowest BCUT2D eigenvalue weighted by Gasteiger charge is -2.30. The van der Waals surface area contributed by atoms with Crippen molar-refractivity contribution in [1.29, 1.82) is 0 Å². The number of nitrogens with one attached hydrogen (secondary N) is 1. The highest BCUT2D eigenvalue weighted by Gasteiger charge is 2.28. The summed E-state index contributed by atoms with van der Waals surface area (Å²) in [6, 6.07) is 18.2. The summed E-state index contributed by atoms with van der Waals surface area (Å²) in [7, 11) is 0. The maximum absolute atomic E-state index is 12.9. The topological polar surface area (TPSA) is 37.6 Å². The van der Waals surface area contributed by atoms with E-state index in [9.17, 15) is 4.79 Å². The first-order valence-electron chi connectivity index (χ1n) is 9.90.